The standard InChI is InChI=1S/C27H26N2O/c1-19-6-11-22(12-7-19)21(3)10-15-24-5-4-18-28-27(24)26-17-16-25(29-30-26)23-13-8-20(2)9-14-23/h4-9,11-14,17-18H,3,10,15-16H2,1-2H3. The third kappa shape index (κ3) is 4.57. The molecule has 1 aliphatic heterocycles. The first kappa shape index (κ1) is 19.8. The number of benzene rings is 2. The highest BCUT2D eigenvalue weighted by atomic mass is 16.6. The summed E-state index contributed by atoms with van der Waals surface area (Å²) in [6, 6.07) is 20.9. The van der Waals surface area contributed by atoms with E-state index >= 15 is 0 Å². The predicted molar refractivity (Wildman–Crippen MR) is 124 cm³/mol. The lowest BCUT2D eigenvalue weighted by Crippen LogP contribution is -2.08. The summed E-state index contributed by atoms with van der Waals surface area (Å²) in [7, 11) is 0. The van der Waals surface area contributed by atoms with Gasteiger partial charge < -0.3 is 4.84 Å². The minimum Gasteiger partial charge on any atom is -0.355 e. The summed E-state index contributed by atoms with van der Waals surface area (Å²) in [6.45, 7) is 8.45. The largest absolute Gasteiger partial charge is 0.355 e. The van der Waals surface area contributed by atoms with Crippen LogP contribution in [0, 0.1) is 13.8 Å². The molecule has 4 rings (SSSR count). The number of nitrogens with zero attached hydrogens (tertiary/aromatic N) is 2. The van der Waals surface area contributed by atoms with Gasteiger partial charge in [-0.2, -0.15) is 0 Å². The van der Waals surface area contributed by atoms with Crippen LogP contribution in [0.4, 0.5) is 0 Å². The lowest BCUT2D eigenvalue weighted by Gasteiger charge is -2.15. The van der Waals surface area contributed by atoms with Gasteiger partial charge in [-0.1, -0.05) is 77.5 Å². The first-order valence-electron chi connectivity index (χ1n) is 10.3. The van der Waals surface area contributed by atoms with Gasteiger partial charge >= 0.3 is 0 Å². The van der Waals surface area contributed by atoms with Gasteiger partial charge in [0.15, 0.2) is 5.76 Å². The Labute approximate surface area is 178 Å². The Bertz CT molecular complexity index is 1110. The minimum atomic E-state index is 0.724. The molecule has 0 aliphatic carbocycles. The average molecular weight is 395 g/mol. The number of hydrogen-bond acceptors (Lipinski definition) is 3. The first-order valence-corrected chi connectivity index (χ1v) is 10.3. The number of pyridine rings is 1. The van der Waals surface area contributed by atoms with E-state index in [1.54, 1.807) is 6.20 Å². The smallest absolute Gasteiger partial charge is 0.180 e. The molecule has 1 aromatic heterocycles. The summed E-state index contributed by atoms with van der Waals surface area (Å²) in [5.41, 5.74) is 8.84. The van der Waals surface area contributed by atoms with Crippen LogP contribution in [0.2, 0.25) is 0 Å². The molecule has 3 heteroatoms. The molecular formula is C27H26N2O. The molecule has 2 aromatic carbocycles. The second kappa shape index (κ2) is 8.91. The van der Waals surface area contributed by atoms with Gasteiger partial charge in [-0.25, -0.2) is 0 Å². The van der Waals surface area contributed by atoms with Gasteiger partial charge in [0.05, 0.1) is 5.71 Å². The van der Waals surface area contributed by atoms with Gasteiger partial charge in [0, 0.05) is 12.6 Å². The van der Waals surface area contributed by atoms with E-state index in [0.29, 0.717) is 0 Å². The van der Waals surface area contributed by atoms with Crippen molar-refractivity contribution in [2.24, 2.45) is 5.16 Å². The maximum Gasteiger partial charge on any atom is 0.180 e. The molecule has 3 nitrogen and oxygen atoms in total. The van der Waals surface area contributed by atoms with Gasteiger partial charge in [-0.3, -0.25) is 4.98 Å². The fraction of sp³-hybridized carbons (Fsp3) is 0.185. The molecule has 0 saturated heterocycles. The zero-order valence-corrected chi connectivity index (χ0v) is 17.6. The van der Waals surface area contributed by atoms with E-state index in [1.807, 2.05) is 6.07 Å². The SMILES string of the molecule is C=C(CCc1cccnc1C1=CCC(c2ccc(C)cc2)=NO1)c1ccc(C)cc1. The van der Waals surface area contributed by atoms with E-state index in [0.717, 1.165) is 53.1 Å². The van der Waals surface area contributed by atoms with Crippen molar-refractivity contribution in [3.05, 3.63) is 113 Å². The molecule has 0 spiro atoms. The van der Waals surface area contributed by atoms with Crippen molar-refractivity contribution in [2.45, 2.75) is 33.1 Å². The normalized spacial score (nSPS) is 13.3. The van der Waals surface area contributed by atoms with Gasteiger partial charge in [0.2, 0.25) is 0 Å². The van der Waals surface area contributed by atoms with Gasteiger partial charge in [0.25, 0.3) is 0 Å². The number of aromatic nitrogens is 1. The summed E-state index contributed by atoms with van der Waals surface area (Å²) in [5.74, 6) is 0.724. The Kier molecular flexibility index (Phi) is 5.89. The van der Waals surface area contributed by atoms with Crippen molar-refractivity contribution in [2.75, 3.05) is 0 Å². The molecule has 0 N–H and O–H groups in total. The van der Waals surface area contributed by atoms with E-state index in [4.69, 9.17) is 4.84 Å². The Hall–Kier alpha value is -3.46. The van der Waals surface area contributed by atoms with Crippen LogP contribution in [0.3, 0.4) is 0 Å². The maximum atomic E-state index is 5.77. The highest BCUT2D eigenvalue weighted by Gasteiger charge is 2.16. The second-order valence-electron chi connectivity index (χ2n) is 7.75. The summed E-state index contributed by atoms with van der Waals surface area (Å²) in [4.78, 5) is 10.4. The van der Waals surface area contributed by atoms with Crippen LogP contribution in [0.5, 0.6) is 0 Å². The van der Waals surface area contributed by atoms with Crippen LogP contribution >= 0.6 is 0 Å². The Balaban J connectivity index is 1.45. The first-order chi connectivity index (χ1) is 14.6. The van der Waals surface area contributed by atoms with Crippen molar-refractivity contribution in [3.63, 3.8) is 0 Å². The number of oxime groups is 1. The topological polar surface area (TPSA) is 34.5 Å². The molecule has 3 aromatic rings. The number of rotatable bonds is 6. The van der Waals surface area contributed by atoms with Gasteiger partial charge in [-0.15, -0.1) is 0 Å². The molecule has 150 valence electrons. The molecule has 0 saturated carbocycles. The molecule has 1 aliphatic rings. The van der Waals surface area contributed by atoms with Crippen LogP contribution in [0.25, 0.3) is 11.3 Å². The predicted octanol–water partition coefficient (Wildman–Crippen LogP) is 6.51. The quantitative estimate of drug-likeness (QED) is 0.477. The van der Waals surface area contributed by atoms with Crippen molar-refractivity contribution >= 4 is 17.0 Å². The van der Waals surface area contributed by atoms with E-state index < -0.39 is 0 Å². The lowest BCUT2D eigenvalue weighted by molar-refractivity contribution is 0.290. The molecule has 0 radical (unpaired) electrons. The summed E-state index contributed by atoms with van der Waals surface area (Å²) >= 11 is 0. The molecular weight excluding hydrogens is 368 g/mol. The van der Waals surface area contributed by atoms with E-state index in [1.165, 1.54) is 16.7 Å². The molecule has 2 heterocycles. The molecule has 0 unspecified atom stereocenters. The summed E-state index contributed by atoms with van der Waals surface area (Å²) in [6.07, 6.45) is 6.32. The van der Waals surface area contributed by atoms with Crippen molar-refractivity contribution < 1.29 is 4.84 Å². The second-order valence-corrected chi connectivity index (χ2v) is 7.75. The third-order valence-electron chi connectivity index (χ3n) is 5.40. The van der Waals surface area contributed by atoms with Gasteiger partial charge in [-0.05, 0) is 61.1 Å². The van der Waals surface area contributed by atoms with Crippen molar-refractivity contribution in [1.82, 2.24) is 4.98 Å². The number of allylic oxidation sites excluding steroid dienone is 2. The van der Waals surface area contributed by atoms with Crippen LogP contribution in [-0.2, 0) is 11.3 Å². The summed E-state index contributed by atoms with van der Waals surface area (Å²) < 4.78 is 0. The van der Waals surface area contributed by atoms with Crippen LogP contribution < -0.4 is 0 Å². The van der Waals surface area contributed by atoms with E-state index in [9.17, 15) is 0 Å². The highest BCUT2D eigenvalue weighted by molar-refractivity contribution is 6.02. The lowest BCUT2D eigenvalue weighted by atomic mass is 9.97. The average Bonchev–Trinajstić information content (AvgIpc) is 2.79. The fourth-order valence-electron chi connectivity index (χ4n) is 3.51. The molecule has 0 amide bonds. The van der Waals surface area contributed by atoms with Crippen LogP contribution in [0.1, 0.15) is 46.4 Å². The third-order valence-corrected chi connectivity index (χ3v) is 5.40. The fourth-order valence-corrected chi connectivity index (χ4v) is 3.51. The monoisotopic (exact) mass is 394 g/mol. The van der Waals surface area contributed by atoms with E-state index in [-0.39, 0.29) is 0 Å². The Morgan fingerprint density at radius 3 is 2.33 bits per heavy atom. The zero-order chi connectivity index (χ0) is 20.9. The Morgan fingerprint density at radius 1 is 0.967 bits per heavy atom. The molecule has 0 fully saturated rings. The summed E-state index contributed by atoms with van der Waals surface area (Å²) in [5, 5.41) is 4.37. The van der Waals surface area contributed by atoms with Crippen LogP contribution in [0.15, 0.2) is 84.7 Å². The molecule has 0 bridgehead atoms. The van der Waals surface area contributed by atoms with Gasteiger partial charge in [0.1, 0.15) is 5.69 Å². The Morgan fingerprint density at radius 2 is 1.67 bits per heavy atom. The maximum absolute atomic E-state index is 5.77. The van der Waals surface area contributed by atoms with Crippen LogP contribution in [-0.4, -0.2) is 10.7 Å². The number of hydrogen-bond donors (Lipinski definition) is 0. The number of aryl methyl sites for hydroxylation is 3. The highest BCUT2D eigenvalue weighted by Crippen LogP contribution is 2.26. The van der Waals surface area contributed by atoms with E-state index in [2.05, 4.69) is 91.2 Å². The van der Waals surface area contributed by atoms with Crippen molar-refractivity contribution in [1.29, 1.82) is 0 Å². The van der Waals surface area contributed by atoms with Crippen molar-refractivity contribution in [3.8, 4) is 0 Å². The molecule has 0 atom stereocenters. The zero-order valence-electron chi connectivity index (χ0n) is 17.6. The minimum absolute atomic E-state index is 0.724. The molecule has 30 heavy (non-hydrogen) atoms.